The molecular formula is C21H22FN3O3S2. The van der Waals surface area contributed by atoms with Gasteiger partial charge in [0.25, 0.3) is 15.9 Å². The van der Waals surface area contributed by atoms with Crippen molar-refractivity contribution >= 4 is 33.0 Å². The number of hydrogen-bond donors (Lipinski definition) is 2. The molecular weight excluding hydrogens is 425 g/mol. The van der Waals surface area contributed by atoms with Gasteiger partial charge in [0, 0.05) is 17.0 Å². The largest absolute Gasteiger partial charge is 0.350 e. The molecule has 0 saturated carbocycles. The molecule has 0 aliphatic carbocycles. The van der Waals surface area contributed by atoms with Crippen molar-refractivity contribution in [1.29, 1.82) is 0 Å². The highest BCUT2D eigenvalue weighted by Crippen LogP contribution is 2.23. The molecule has 0 bridgehead atoms. The standard InChI is InChI=1S/C21H22FN3O3S2/c1-25(2)19(20-8-5-13-29-20)14-23-21(26)15-9-11-16(12-10-15)30(27,28)24-18-7-4-3-6-17(18)22/h3-13,19,24H,14H2,1-2H3,(H,23,26). The Balaban J connectivity index is 1.67. The lowest BCUT2D eigenvalue weighted by atomic mass is 10.2. The van der Waals surface area contributed by atoms with Gasteiger partial charge >= 0.3 is 0 Å². The number of sulfonamides is 1. The smallest absolute Gasteiger partial charge is 0.261 e. The summed E-state index contributed by atoms with van der Waals surface area (Å²) in [6.07, 6.45) is 0. The maximum atomic E-state index is 13.7. The van der Waals surface area contributed by atoms with Crippen LogP contribution in [0.5, 0.6) is 0 Å². The highest BCUT2D eigenvalue weighted by Gasteiger charge is 2.19. The lowest BCUT2D eigenvalue weighted by Crippen LogP contribution is -2.34. The lowest BCUT2D eigenvalue weighted by Gasteiger charge is -2.23. The molecule has 2 aromatic carbocycles. The molecule has 0 aliphatic rings. The number of hydrogen-bond acceptors (Lipinski definition) is 5. The molecule has 0 spiro atoms. The minimum atomic E-state index is -3.97. The van der Waals surface area contributed by atoms with E-state index in [-0.39, 0.29) is 22.5 Å². The number of amides is 1. The fraction of sp³-hybridized carbons (Fsp3) is 0.190. The number of nitrogens with one attached hydrogen (secondary N) is 2. The summed E-state index contributed by atoms with van der Waals surface area (Å²) in [6, 6.07) is 15.0. The maximum absolute atomic E-state index is 13.7. The summed E-state index contributed by atoms with van der Waals surface area (Å²) in [5.41, 5.74) is 0.200. The predicted molar refractivity (Wildman–Crippen MR) is 117 cm³/mol. The van der Waals surface area contributed by atoms with Crippen LogP contribution in [-0.4, -0.2) is 39.9 Å². The van der Waals surface area contributed by atoms with Crippen molar-refractivity contribution in [2.45, 2.75) is 10.9 Å². The molecule has 1 unspecified atom stereocenters. The number of rotatable bonds is 8. The number of anilines is 1. The third kappa shape index (κ3) is 5.24. The Morgan fingerprint density at radius 1 is 1.07 bits per heavy atom. The maximum Gasteiger partial charge on any atom is 0.261 e. The van der Waals surface area contributed by atoms with Crippen molar-refractivity contribution in [3.8, 4) is 0 Å². The average Bonchev–Trinajstić information content (AvgIpc) is 3.24. The van der Waals surface area contributed by atoms with Gasteiger partial charge in [0.15, 0.2) is 0 Å². The first-order valence-electron chi connectivity index (χ1n) is 9.13. The molecule has 0 radical (unpaired) electrons. The summed E-state index contributed by atoms with van der Waals surface area (Å²) in [5, 5.41) is 4.87. The van der Waals surface area contributed by atoms with Crippen molar-refractivity contribution < 1.29 is 17.6 Å². The summed E-state index contributed by atoms with van der Waals surface area (Å²) in [7, 11) is -0.0854. The zero-order valence-corrected chi connectivity index (χ0v) is 18.1. The van der Waals surface area contributed by atoms with Crippen molar-refractivity contribution in [1.82, 2.24) is 10.2 Å². The van der Waals surface area contributed by atoms with E-state index < -0.39 is 15.8 Å². The van der Waals surface area contributed by atoms with Gasteiger partial charge in [-0.15, -0.1) is 11.3 Å². The van der Waals surface area contributed by atoms with Crippen LogP contribution in [0.3, 0.4) is 0 Å². The molecule has 3 aromatic rings. The second-order valence-corrected chi connectivity index (χ2v) is 9.48. The fourth-order valence-electron chi connectivity index (χ4n) is 2.84. The Morgan fingerprint density at radius 3 is 2.37 bits per heavy atom. The molecule has 0 fully saturated rings. The van der Waals surface area contributed by atoms with E-state index in [0.29, 0.717) is 12.1 Å². The molecule has 1 aromatic heterocycles. The second-order valence-electron chi connectivity index (χ2n) is 6.81. The van der Waals surface area contributed by atoms with Gasteiger partial charge in [-0.1, -0.05) is 18.2 Å². The van der Waals surface area contributed by atoms with E-state index in [1.54, 1.807) is 11.3 Å². The lowest BCUT2D eigenvalue weighted by molar-refractivity contribution is 0.0942. The van der Waals surface area contributed by atoms with Crippen LogP contribution in [0.25, 0.3) is 0 Å². The molecule has 9 heteroatoms. The van der Waals surface area contributed by atoms with Crippen molar-refractivity contribution in [3.05, 3.63) is 82.3 Å². The molecule has 1 atom stereocenters. The third-order valence-electron chi connectivity index (χ3n) is 4.50. The van der Waals surface area contributed by atoms with Gasteiger partial charge in [0.05, 0.1) is 16.6 Å². The van der Waals surface area contributed by atoms with E-state index in [1.807, 2.05) is 36.5 Å². The Morgan fingerprint density at radius 2 is 1.77 bits per heavy atom. The number of carbonyl (C=O) groups excluding carboxylic acids is 1. The average molecular weight is 448 g/mol. The number of para-hydroxylation sites is 1. The molecule has 0 aliphatic heterocycles. The number of halogens is 1. The SMILES string of the molecule is CN(C)C(CNC(=O)c1ccc(S(=O)(=O)Nc2ccccc2F)cc1)c1cccs1. The van der Waals surface area contributed by atoms with Crippen LogP contribution in [0, 0.1) is 5.82 Å². The van der Waals surface area contributed by atoms with Crippen LogP contribution in [0.4, 0.5) is 10.1 Å². The van der Waals surface area contributed by atoms with E-state index in [2.05, 4.69) is 10.0 Å². The van der Waals surface area contributed by atoms with Gasteiger partial charge in [-0.25, -0.2) is 12.8 Å². The second kappa shape index (κ2) is 9.38. The van der Waals surface area contributed by atoms with E-state index in [9.17, 15) is 17.6 Å². The summed E-state index contributed by atoms with van der Waals surface area (Å²) in [4.78, 5) is 15.6. The Labute approximate surface area is 179 Å². The topological polar surface area (TPSA) is 78.5 Å². The monoisotopic (exact) mass is 447 g/mol. The molecule has 1 heterocycles. The van der Waals surface area contributed by atoms with Crippen LogP contribution < -0.4 is 10.0 Å². The first-order valence-corrected chi connectivity index (χ1v) is 11.5. The minimum Gasteiger partial charge on any atom is -0.350 e. The normalized spacial score (nSPS) is 12.5. The first kappa shape index (κ1) is 21.9. The minimum absolute atomic E-state index is 0.0403. The van der Waals surface area contributed by atoms with E-state index in [4.69, 9.17) is 0 Å². The molecule has 158 valence electrons. The molecule has 2 N–H and O–H groups in total. The van der Waals surface area contributed by atoms with Crippen LogP contribution >= 0.6 is 11.3 Å². The third-order valence-corrected chi connectivity index (χ3v) is 6.85. The Kier molecular flexibility index (Phi) is 6.86. The van der Waals surface area contributed by atoms with Gasteiger partial charge in [-0.2, -0.15) is 0 Å². The highest BCUT2D eigenvalue weighted by atomic mass is 32.2. The van der Waals surface area contributed by atoms with Crippen molar-refractivity contribution in [2.24, 2.45) is 0 Å². The van der Waals surface area contributed by atoms with E-state index in [1.165, 1.54) is 48.5 Å². The van der Waals surface area contributed by atoms with Gasteiger partial charge < -0.3 is 10.2 Å². The Bertz CT molecular complexity index is 1100. The zero-order chi connectivity index (χ0) is 21.7. The highest BCUT2D eigenvalue weighted by molar-refractivity contribution is 7.92. The quantitative estimate of drug-likeness (QED) is 0.552. The fourth-order valence-corrected chi connectivity index (χ4v) is 4.83. The Hall–Kier alpha value is -2.75. The molecule has 6 nitrogen and oxygen atoms in total. The van der Waals surface area contributed by atoms with Gasteiger partial charge in [0.2, 0.25) is 0 Å². The summed E-state index contributed by atoms with van der Waals surface area (Å²) in [5.74, 6) is -0.970. The molecule has 1 amide bonds. The predicted octanol–water partition coefficient (Wildman–Crippen LogP) is 3.72. The van der Waals surface area contributed by atoms with E-state index >= 15 is 0 Å². The first-order chi connectivity index (χ1) is 14.3. The van der Waals surface area contributed by atoms with Crippen LogP contribution in [-0.2, 0) is 10.0 Å². The zero-order valence-electron chi connectivity index (χ0n) is 16.5. The summed E-state index contributed by atoms with van der Waals surface area (Å²) < 4.78 is 40.9. The summed E-state index contributed by atoms with van der Waals surface area (Å²) in [6.45, 7) is 0.418. The van der Waals surface area contributed by atoms with Crippen LogP contribution in [0.1, 0.15) is 21.3 Å². The number of benzene rings is 2. The number of nitrogens with zero attached hydrogens (tertiary/aromatic N) is 1. The number of likely N-dealkylation sites (N-methyl/N-ethyl adjacent to an activating group) is 1. The molecule has 3 rings (SSSR count). The number of thiophene rings is 1. The summed E-state index contributed by atoms with van der Waals surface area (Å²) >= 11 is 1.62. The van der Waals surface area contributed by atoms with Gasteiger partial charge in [-0.05, 0) is 61.9 Å². The van der Waals surface area contributed by atoms with E-state index in [0.717, 1.165) is 4.88 Å². The number of carbonyl (C=O) groups is 1. The van der Waals surface area contributed by atoms with Crippen LogP contribution in [0.2, 0.25) is 0 Å². The van der Waals surface area contributed by atoms with Crippen LogP contribution in [0.15, 0.2) is 70.9 Å². The van der Waals surface area contributed by atoms with Crippen molar-refractivity contribution in [2.75, 3.05) is 25.4 Å². The molecule has 0 saturated heterocycles. The molecule has 30 heavy (non-hydrogen) atoms. The van der Waals surface area contributed by atoms with Gasteiger partial charge in [0.1, 0.15) is 5.82 Å². The van der Waals surface area contributed by atoms with Gasteiger partial charge in [-0.3, -0.25) is 9.52 Å². The van der Waals surface area contributed by atoms with Crippen molar-refractivity contribution in [3.63, 3.8) is 0 Å².